The number of nitrogens with one attached hydrogen (secondary N) is 1. The van der Waals surface area contributed by atoms with Gasteiger partial charge in [0.1, 0.15) is 12.0 Å². The highest BCUT2D eigenvalue weighted by Crippen LogP contribution is 2.31. The lowest BCUT2D eigenvalue weighted by Crippen LogP contribution is -2.10. The van der Waals surface area contributed by atoms with Crippen molar-refractivity contribution >= 4 is 34.4 Å². The molecule has 0 aliphatic heterocycles. The molecule has 0 amide bonds. The van der Waals surface area contributed by atoms with Gasteiger partial charge in [-0.05, 0) is 17.9 Å². The summed E-state index contributed by atoms with van der Waals surface area (Å²) < 4.78 is 0. The molecule has 0 aromatic carbocycles. The molecule has 5 nitrogen and oxygen atoms in total. The van der Waals surface area contributed by atoms with Crippen LogP contribution in [0.1, 0.15) is 30.7 Å². The van der Waals surface area contributed by atoms with Gasteiger partial charge in [0.15, 0.2) is 0 Å². The zero-order valence-corrected chi connectivity index (χ0v) is 12.4. The third-order valence-electron chi connectivity index (χ3n) is 2.81. The van der Waals surface area contributed by atoms with Crippen molar-refractivity contribution in [3.8, 4) is 0 Å². The van der Waals surface area contributed by atoms with E-state index >= 15 is 0 Å². The van der Waals surface area contributed by atoms with E-state index in [0.717, 1.165) is 12.8 Å². The first-order valence-corrected chi connectivity index (χ1v) is 7.47. The number of nitrogens with zero attached hydrogens (tertiary/aromatic N) is 2. The van der Waals surface area contributed by atoms with Gasteiger partial charge in [-0.2, -0.15) is 0 Å². The standard InChI is InChI=1S/C13H14ClN3O2S/c1-2-4-11(12-5-3-6-20-12)16-13-10(14)7-9(8-15-13)17(18)19/h3,5-8,11H,2,4H2,1H3,(H,15,16). The molecule has 106 valence electrons. The van der Waals surface area contributed by atoms with E-state index in [1.54, 1.807) is 11.3 Å². The van der Waals surface area contributed by atoms with Crippen LogP contribution in [0.4, 0.5) is 11.5 Å². The number of nitro groups is 1. The summed E-state index contributed by atoms with van der Waals surface area (Å²) in [5, 5.41) is 16.2. The molecular weight excluding hydrogens is 298 g/mol. The number of halogens is 1. The van der Waals surface area contributed by atoms with E-state index in [2.05, 4.69) is 23.3 Å². The molecule has 2 rings (SSSR count). The molecule has 0 saturated carbocycles. The minimum absolute atomic E-state index is 0.108. The van der Waals surface area contributed by atoms with Crippen molar-refractivity contribution in [1.82, 2.24) is 4.98 Å². The summed E-state index contributed by atoms with van der Waals surface area (Å²) in [5.41, 5.74) is -0.108. The van der Waals surface area contributed by atoms with E-state index in [1.807, 2.05) is 11.4 Å². The Bertz CT molecular complexity index is 589. The smallest absolute Gasteiger partial charge is 0.289 e. The van der Waals surface area contributed by atoms with Gasteiger partial charge in [0, 0.05) is 10.9 Å². The molecule has 1 unspecified atom stereocenters. The average Bonchev–Trinajstić information content (AvgIpc) is 2.94. The van der Waals surface area contributed by atoms with Crippen LogP contribution in [-0.2, 0) is 0 Å². The third-order valence-corrected chi connectivity index (χ3v) is 4.09. The number of aromatic nitrogens is 1. The van der Waals surface area contributed by atoms with Gasteiger partial charge in [-0.25, -0.2) is 4.98 Å². The first-order valence-electron chi connectivity index (χ1n) is 6.21. The van der Waals surface area contributed by atoms with Crippen molar-refractivity contribution in [2.24, 2.45) is 0 Å². The van der Waals surface area contributed by atoms with Crippen LogP contribution in [-0.4, -0.2) is 9.91 Å². The van der Waals surface area contributed by atoms with Crippen LogP contribution in [0.25, 0.3) is 0 Å². The van der Waals surface area contributed by atoms with Gasteiger partial charge >= 0.3 is 0 Å². The minimum Gasteiger partial charge on any atom is -0.361 e. The molecule has 0 saturated heterocycles. The predicted molar refractivity (Wildman–Crippen MR) is 81.5 cm³/mol. The maximum Gasteiger partial charge on any atom is 0.289 e. The average molecular weight is 312 g/mol. The summed E-state index contributed by atoms with van der Waals surface area (Å²) in [6.45, 7) is 2.10. The van der Waals surface area contributed by atoms with Crippen molar-refractivity contribution in [2.45, 2.75) is 25.8 Å². The van der Waals surface area contributed by atoms with Crippen LogP contribution in [0.5, 0.6) is 0 Å². The second-order valence-electron chi connectivity index (χ2n) is 4.28. The molecule has 1 atom stereocenters. The molecule has 0 aliphatic carbocycles. The van der Waals surface area contributed by atoms with Crippen LogP contribution >= 0.6 is 22.9 Å². The molecule has 1 N–H and O–H groups in total. The van der Waals surface area contributed by atoms with Gasteiger partial charge in [-0.1, -0.05) is 31.0 Å². The van der Waals surface area contributed by atoms with Gasteiger partial charge in [0.25, 0.3) is 5.69 Å². The SMILES string of the molecule is CCCC(Nc1ncc([N+](=O)[O-])cc1Cl)c1cccs1. The molecular formula is C13H14ClN3O2S. The van der Waals surface area contributed by atoms with Crippen molar-refractivity contribution in [2.75, 3.05) is 5.32 Å². The van der Waals surface area contributed by atoms with Gasteiger partial charge in [-0.15, -0.1) is 11.3 Å². The summed E-state index contributed by atoms with van der Waals surface area (Å²) in [6.07, 6.45) is 3.17. The molecule has 0 bridgehead atoms. The Morgan fingerprint density at radius 1 is 1.60 bits per heavy atom. The Hall–Kier alpha value is -1.66. The maximum absolute atomic E-state index is 10.7. The van der Waals surface area contributed by atoms with Gasteiger partial charge in [0.05, 0.1) is 16.0 Å². The van der Waals surface area contributed by atoms with Crippen LogP contribution in [0.2, 0.25) is 5.02 Å². The molecule has 0 radical (unpaired) electrons. The monoisotopic (exact) mass is 311 g/mol. The second-order valence-corrected chi connectivity index (χ2v) is 5.67. The highest BCUT2D eigenvalue weighted by atomic mass is 35.5. The molecule has 2 aromatic rings. The quantitative estimate of drug-likeness (QED) is 0.622. The molecule has 2 heterocycles. The Balaban J connectivity index is 2.21. The zero-order valence-electron chi connectivity index (χ0n) is 10.9. The van der Waals surface area contributed by atoms with Crippen LogP contribution in [0.3, 0.4) is 0 Å². The largest absolute Gasteiger partial charge is 0.361 e. The van der Waals surface area contributed by atoms with Crippen molar-refractivity contribution < 1.29 is 4.92 Å². The van der Waals surface area contributed by atoms with Crippen molar-refractivity contribution in [3.05, 3.63) is 49.8 Å². The lowest BCUT2D eigenvalue weighted by Gasteiger charge is -2.18. The molecule has 0 aliphatic rings. The fraction of sp³-hybridized carbons (Fsp3) is 0.308. The van der Waals surface area contributed by atoms with E-state index in [-0.39, 0.29) is 16.8 Å². The van der Waals surface area contributed by atoms with Gasteiger partial charge < -0.3 is 5.32 Å². The van der Waals surface area contributed by atoms with Crippen molar-refractivity contribution in [1.29, 1.82) is 0 Å². The topological polar surface area (TPSA) is 68.1 Å². The molecule has 0 spiro atoms. The van der Waals surface area contributed by atoms with E-state index in [4.69, 9.17) is 11.6 Å². The van der Waals surface area contributed by atoms with E-state index in [9.17, 15) is 10.1 Å². The number of hydrogen-bond acceptors (Lipinski definition) is 5. The van der Waals surface area contributed by atoms with Crippen LogP contribution in [0, 0.1) is 10.1 Å². The highest BCUT2D eigenvalue weighted by molar-refractivity contribution is 7.10. The Morgan fingerprint density at radius 3 is 2.95 bits per heavy atom. The maximum atomic E-state index is 10.7. The summed E-state index contributed by atoms with van der Waals surface area (Å²) >= 11 is 7.72. The molecule has 20 heavy (non-hydrogen) atoms. The number of pyridine rings is 1. The third kappa shape index (κ3) is 3.46. The molecule has 0 fully saturated rings. The second kappa shape index (κ2) is 6.67. The summed E-state index contributed by atoms with van der Waals surface area (Å²) in [6, 6.07) is 5.48. The van der Waals surface area contributed by atoms with Gasteiger partial charge in [-0.3, -0.25) is 10.1 Å². The van der Waals surface area contributed by atoms with E-state index in [1.165, 1.54) is 17.1 Å². The highest BCUT2D eigenvalue weighted by Gasteiger charge is 2.16. The number of rotatable bonds is 6. The van der Waals surface area contributed by atoms with E-state index in [0.29, 0.717) is 5.82 Å². The molecule has 7 heteroatoms. The lowest BCUT2D eigenvalue weighted by molar-refractivity contribution is -0.385. The Labute approximate surface area is 125 Å². The van der Waals surface area contributed by atoms with E-state index < -0.39 is 4.92 Å². The lowest BCUT2D eigenvalue weighted by atomic mass is 10.1. The normalized spacial score (nSPS) is 12.1. The van der Waals surface area contributed by atoms with Crippen molar-refractivity contribution in [3.63, 3.8) is 0 Å². The summed E-state index contributed by atoms with van der Waals surface area (Å²) in [5.74, 6) is 0.476. The van der Waals surface area contributed by atoms with Crippen LogP contribution in [0.15, 0.2) is 29.8 Å². The van der Waals surface area contributed by atoms with Crippen LogP contribution < -0.4 is 5.32 Å². The predicted octanol–water partition coefficient (Wildman–Crippen LogP) is 4.66. The fourth-order valence-electron chi connectivity index (χ4n) is 1.86. The Kier molecular flexibility index (Phi) is 4.92. The number of thiophene rings is 1. The molecule has 2 aromatic heterocycles. The first-order chi connectivity index (χ1) is 9.61. The zero-order chi connectivity index (χ0) is 14.5. The van der Waals surface area contributed by atoms with Gasteiger partial charge in [0.2, 0.25) is 0 Å². The fourth-order valence-corrected chi connectivity index (χ4v) is 2.89. The minimum atomic E-state index is -0.508. The summed E-state index contributed by atoms with van der Waals surface area (Å²) in [7, 11) is 0. The Morgan fingerprint density at radius 2 is 2.40 bits per heavy atom. The summed E-state index contributed by atoms with van der Waals surface area (Å²) in [4.78, 5) is 15.4. The number of anilines is 1. The number of hydrogen-bond donors (Lipinski definition) is 1. The first kappa shape index (κ1) is 14.7.